The maximum Gasteiger partial charge on any atom is 0.319 e. The molecule has 10 heteroatoms. The van der Waals surface area contributed by atoms with Crippen molar-refractivity contribution in [1.29, 1.82) is 0 Å². The van der Waals surface area contributed by atoms with Crippen LogP contribution in [0.5, 0.6) is 0 Å². The molecule has 162 valence electrons. The Morgan fingerprint density at radius 2 is 1.94 bits per heavy atom. The van der Waals surface area contributed by atoms with Crippen molar-refractivity contribution < 1.29 is 4.79 Å². The number of hydrogen-bond donors (Lipinski definition) is 3. The number of hydrogen-bond acceptors (Lipinski definition) is 5. The summed E-state index contributed by atoms with van der Waals surface area (Å²) in [5.41, 5.74) is 2.11. The van der Waals surface area contributed by atoms with Crippen LogP contribution in [0.4, 0.5) is 22.1 Å². The molecule has 8 nitrogen and oxygen atoms in total. The number of amides is 2. The molecule has 0 aliphatic carbocycles. The molecule has 32 heavy (non-hydrogen) atoms. The lowest BCUT2D eigenvalue weighted by atomic mass is 10.1. The largest absolute Gasteiger partial charge is 0.331 e. The minimum absolute atomic E-state index is 0.218. The average Bonchev–Trinajstić information content (AvgIpc) is 3.24. The molecular formula is C22H19Cl2N7O. The highest BCUT2D eigenvalue weighted by Gasteiger charge is 2.12. The minimum atomic E-state index is -0.360. The average molecular weight is 468 g/mol. The number of para-hydroxylation sites is 1. The first-order chi connectivity index (χ1) is 15.5. The highest BCUT2D eigenvalue weighted by molar-refractivity contribution is 6.33. The van der Waals surface area contributed by atoms with Gasteiger partial charge in [0, 0.05) is 17.3 Å². The topological polar surface area (TPSA) is 96.8 Å². The number of benzene rings is 2. The molecule has 2 heterocycles. The van der Waals surface area contributed by atoms with Crippen LogP contribution in [0.1, 0.15) is 18.5 Å². The summed E-state index contributed by atoms with van der Waals surface area (Å²) in [5.74, 6) is 0.893. The second-order valence-corrected chi connectivity index (χ2v) is 7.74. The third kappa shape index (κ3) is 5.35. The first kappa shape index (κ1) is 21.6. The molecule has 0 aliphatic rings. The van der Waals surface area contributed by atoms with Crippen LogP contribution in [0, 0.1) is 0 Å². The van der Waals surface area contributed by atoms with E-state index in [0.717, 1.165) is 5.56 Å². The normalized spacial score (nSPS) is 11.6. The summed E-state index contributed by atoms with van der Waals surface area (Å²) in [6.45, 7) is 1.88. The number of nitrogens with one attached hydrogen (secondary N) is 3. The van der Waals surface area contributed by atoms with E-state index in [2.05, 4.69) is 31.0 Å². The van der Waals surface area contributed by atoms with Crippen LogP contribution in [0.15, 0.2) is 73.2 Å². The second-order valence-electron chi connectivity index (χ2n) is 6.89. The van der Waals surface area contributed by atoms with Crippen molar-refractivity contribution in [3.63, 3.8) is 0 Å². The van der Waals surface area contributed by atoms with Gasteiger partial charge in [0.15, 0.2) is 5.82 Å². The molecule has 4 rings (SSSR count). The molecular weight excluding hydrogens is 449 g/mol. The molecule has 0 saturated heterocycles. The van der Waals surface area contributed by atoms with E-state index in [4.69, 9.17) is 23.2 Å². The van der Waals surface area contributed by atoms with Crippen molar-refractivity contribution in [2.24, 2.45) is 0 Å². The molecule has 4 aromatic rings. The Bertz CT molecular complexity index is 1240. The number of carbonyl (C=O) groups is 1. The second kappa shape index (κ2) is 9.67. The van der Waals surface area contributed by atoms with Gasteiger partial charge in [-0.25, -0.2) is 14.5 Å². The lowest BCUT2D eigenvalue weighted by molar-refractivity contribution is 0.249. The molecule has 0 spiro atoms. The lowest BCUT2D eigenvalue weighted by Gasteiger charge is -2.14. The van der Waals surface area contributed by atoms with Gasteiger partial charge in [-0.05, 0) is 36.8 Å². The van der Waals surface area contributed by atoms with Gasteiger partial charge >= 0.3 is 6.03 Å². The zero-order valence-corrected chi connectivity index (χ0v) is 18.5. The molecule has 0 radical (unpaired) electrons. The van der Waals surface area contributed by atoms with Gasteiger partial charge in [-0.1, -0.05) is 47.5 Å². The fraction of sp³-hybridized carbons (Fsp3) is 0.0909. The summed E-state index contributed by atoms with van der Waals surface area (Å²) < 4.78 is 1.54. The van der Waals surface area contributed by atoms with Crippen molar-refractivity contribution in [2.75, 3.05) is 10.6 Å². The van der Waals surface area contributed by atoms with Crippen molar-refractivity contribution >= 4 is 46.6 Å². The standard InChI is InChI=1S/C22H19Cl2N7O/c1-14(15-5-4-6-16(23)11-15)27-22(32)28-17-12-26-31(13-17)20-9-10-25-21(30-20)29-19-8-3-2-7-18(19)24/h2-14H,1H3,(H,25,29,30)(H2,27,28,32). The summed E-state index contributed by atoms with van der Waals surface area (Å²) >= 11 is 12.2. The van der Waals surface area contributed by atoms with Crippen molar-refractivity contribution in [3.05, 3.63) is 88.8 Å². The van der Waals surface area contributed by atoms with Crippen LogP contribution < -0.4 is 16.0 Å². The van der Waals surface area contributed by atoms with Gasteiger partial charge < -0.3 is 16.0 Å². The first-order valence-corrected chi connectivity index (χ1v) is 10.5. The van der Waals surface area contributed by atoms with Gasteiger partial charge in [0.1, 0.15) is 0 Å². The molecule has 0 fully saturated rings. The molecule has 1 unspecified atom stereocenters. The molecule has 3 N–H and O–H groups in total. The zero-order valence-electron chi connectivity index (χ0n) is 17.0. The van der Waals surface area contributed by atoms with Crippen LogP contribution in [0.3, 0.4) is 0 Å². The van der Waals surface area contributed by atoms with Crippen LogP contribution in [-0.4, -0.2) is 25.8 Å². The number of aromatic nitrogens is 4. The predicted molar refractivity (Wildman–Crippen MR) is 126 cm³/mol. The Morgan fingerprint density at radius 3 is 2.75 bits per heavy atom. The summed E-state index contributed by atoms with van der Waals surface area (Å²) in [4.78, 5) is 21.0. The van der Waals surface area contributed by atoms with E-state index < -0.39 is 0 Å². The Hall–Kier alpha value is -3.62. The summed E-state index contributed by atoms with van der Waals surface area (Å²) in [5, 5.41) is 14.2. The molecule has 2 aromatic carbocycles. The highest BCUT2D eigenvalue weighted by atomic mass is 35.5. The number of halogens is 2. The predicted octanol–water partition coefficient (Wildman–Crippen LogP) is 5.60. The maximum atomic E-state index is 12.4. The van der Waals surface area contributed by atoms with Crippen LogP contribution >= 0.6 is 23.2 Å². The Morgan fingerprint density at radius 1 is 1.09 bits per heavy atom. The van der Waals surface area contributed by atoms with E-state index in [1.54, 1.807) is 30.6 Å². The summed E-state index contributed by atoms with van der Waals surface area (Å²) in [6.07, 6.45) is 4.80. The Labute approximate surface area is 194 Å². The molecule has 0 bridgehead atoms. The molecule has 0 saturated carbocycles. The smallest absolute Gasteiger partial charge is 0.319 e. The van der Waals surface area contributed by atoms with Crippen LogP contribution in [0.25, 0.3) is 5.82 Å². The van der Waals surface area contributed by atoms with Crippen molar-refractivity contribution in [3.8, 4) is 5.82 Å². The Kier molecular flexibility index (Phi) is 6.53. The van der Waals surface area contributed by atoms with Crippen LogP contribution in [0.2, 0.25) is 10.0 Å². The summed E-state index contributed by atoms with van der Waals surface area (Å²) in [6, 6.07) is 15.8. The van der Waals surface area contributed by atoms with Crippen molar-refractivity contribution in [2.45, 2.75) is 13.0 Å². The number of carbonyl (C=O) groups excluding carboxylic acids is 1. The van der Waals surface area contributed by atoms with Crippen molar-refractivity contribution in [1.82, 2.24) is 25.1 Å². The monoisotopic (exact) mass is 467 g/mol. The zero-order chi connectivity index (χ0) is 22.5. The number of rotatable bonds is 6. The molecule has 1 atom stereocenters. The van der Waals surface area contributed by atoms with Gasteiger partial charge in [-0.3, -0.25) is 0 Å². The van der Waals surface area contributed by atoms with E-state index in [0.29, 0.717) is 33.2 Å². The van der Waals surface area contributed by atoms with Crippen LogP contribution in [-0.2, 0) is 0 Å². The fourth-order valence-electron chi connectivity index (χ4n) is 2.96. The van der Waals surface area contributed by atoms with E-state index >= 15 is 0 Å². The third-order valence-corrected chi connectivity index (χ3v) is 5.10. The highest BCUT2D eigenvalue weighted by Crippen LogP contribution is 2.23. The van der Waals surface area contributed by atoms with E-state index in [9.17, 15) is 4.79 Å². The Balaban J connectivity index is 1.41. The van der Waals surface area contributed by atoms with Gasteiger partial charge in [0.25, 0.3) is 0 Å². The lowest BCUT2D eigenvalue weighted by Crippen LogP contribution is -2.31. The third-order valence-electron chi connectivity index (χ3n) is 4.53. The van der Waals surface area contributed by atoms with E-state index in [1.165, 1.54) is 10.9 Å². The van der Waals surface area contributed by atoms with Gasteiger partial charge in [0.2, 0.25) is 5.95 Å². The number of urea groups is 1. The molecule has 2 aromatic heterocycles. The SMILES string of the molecule is CC(NC(=O)Nc1cnn(-c2ccnc(Nc3ccccc3Cl)n2)c1)c1cccc(Cl)c1. The van der Waals surface area contributed by atoms with Gasteiger partial charge in [-0.15, -0.1) is 0 Å². The first-order valence-electron chi connectivity index (χ1n) is 9.70. The quantitative estimate of drug-likeness (QED) is 0.343. The fourth-order valence-corrected chi connectivity index (χ4v) is 3.34. The van der Waals surface area contributed by atoms with E-state index in [-0.39, 0.29) is 12.1 Å². The number of anilines is 3. The number of nitrogens with zero attached hydrogens (tertiary/aromatic N) is 4. The minimum Gasteiger partial charge on any atom is -0.331 e. The van der Waals surface area contributed by atoms with Gasteiger partial charge in [-0.2, -0.15) is 10.1 Å². The van der Waals surface area contributed by atoms with Gasteiger partial charge in [0.05, 0.1) is 34.8 Å². The molecule has 0 aliphatic heterocycles. The molecule has 2 amide bonds. The maximum absolute atomic E-state index is 12.4. The summed E-state index contributed by atoms with van der Waals surface area (Å²) in [7, 11) is 0. The van der Waals surface area contributed by atoms with E-state index in [1.807, 2.05) is 43.3 Å².